The van der Waals surface area contributed by atoms with Gasteiger partial charge >= 0.3 is 17.9 Å². The number of unbranched alkanes of at least 4 members (excludes halogenated alkanes) is 38. The average Bonchev–Trinajstić information content (AvgIpc) is 3.26. The smallest absolute Gasteiger partial charge is 0.306 e. The quantitative estimate of drug-likeness (QED) is 0.0344. The van der Waals surface area contributed by atoms with Crippen molar-refractivity contribution in [2.45, 2.75) is 323 Å². The Morgan fingerprint density at radius 3 is 0.790 bits per heavy atom. The largest absolute Gasteiger partial charge is 0.462 e. The molecule has 0 aliphatic heterocycles. The predicted octanol–water partition coefficient (Wildman–Crippen LogP) is 18.2. The molecule has 6 nitrogen and oxygen atoms in total. The van der Waals surface area contributed by atoms with Crippen molar-refractivity contribution in [3.63, 3.8) is 0 Å². The van der Waals surface area contributed by atoms with Gasteiger partial charge in [0.05, 0.1) is 0 Å². The normalized spacial score (nSPS) is 12.0. The zero-order chi connectivity index (χ0) is 45.2. The van der Waals surface area contributed by atoms with Gasteiger partial charge in [-0.2, -0.15) is 0 Å². The first-order chi connectivity index (χ1) is 30.4. The number of ether oxygens (including phenoxy) is 3. The van der Waals surface area contributed by atoms with Gasteiger partial charge in [-0.15, -0.1) is 0 Å². The number of hydrogen-bond acceptors (Lipinski definition) is 6. The fourth-order valence-corrected chi connectivity index (χ4v) is 8.57. The van der Waals surface area contributed by atoms with E-state index in [2.05, 4.69) is 27.7 Å². The van der Waals surface area contributed by atoms with Crippen molar-refractivity contribution in [2.75, 3.05) is 13.2 Å². The Kier molecular flexibility index (Phi) is 49.1. The zero-order valence-electron chi connectivity index (χ0n) is 42.3. The fourth-order valence-electron chi connectivity index (χ4n) is 8.57. The molecule has 0 bridgehead atoms. The Balaban J connectivity index is 4.27. The van der Waals surface area contributed by atoms with Gasteiger partial charge in [0.15, 0.2) is 6.10 Å². The average molecular weight is 877 g/mol. The van der Waals surface area contributed by atoms with E-state index < -0.39 is 6.10 Å². The van der Waals surface area contributed by atoms with Gasteiger partial charge in [0.1, 0.15) is 13.2 Å². The fraction of sp³-hybridized carbons (Fsp3) is 0.946. The molecule has 0 aliphatic rings. The summed E-state index contributed by atoms with van der Waals surface area (Å²) in [4.78, 5) is 38.0. The standard InChI is InChI=1S/C56H108O6/c1-5-7-9-11-13-15-17-19-21-22-23-25-27-29-31-37-41-45-49-56(59)62-53(51-61-55(58)48-44-40-36-33-32-34-38-42-46-52(3)4)50-60-54(57)47-43-39-35-30-28-26-24-20-18-16-14-12-10-8-6-2/h52-53H,5-51H2,1-4H3/t53-/m0/s1. The molecule has 1 atom stereocenters. The van der Waals surface area contributed by atoms with Crippen molar-refractivity contribution in [2.24, 2.45) is 5.92 Å². The summed E-state index contributed by atoms with van der Waals surface area (Å²) >= 11 is 0. The molecule has 0 N–H and O–H groups in total. The molecule has 0 spiro atoms. The second-order valence-corrected chi connectivity index (χ2v) is 19.7. The molecule has 0 rings (SSSR count). The number of carbonyl (C=O) groups is 3. The van der Waals surface area contributed by atoms with Gasteiger partial charge in [0.25, 0.3) is 0 Å². The first kappa shape index (κ1) is 60.4. The third-order valence-electron chi connectivity index (χ3n) is 12.8. The molecule has 62 heavy (non-hydrogen) atoms. The van der Waals surface area contributed by atoms with Crippen LogP contribution in [0.5, 0.6) is 0 Å². The summed E-state index contributed by atoms with van der Waals surface area (Å²) in [6.45, 7) is 9.01. The Morgan fingerprint density at radius 2 is 0.532 bits per heavy atom. The molecule has 0 unspecified atom stereocenters. The molecule has 0 saturated heterocycles. The van der Waals surface area contributed by atoms with Gasteiger partial charge in [-0.3, -0.25) is 14.4 Å². The minimum atomic E-state index is -0.761. The van der Waals surface area contributed by atoms with E-state index in [0.717, 1.165) is 63.7 Å². The van der Waals surface area contributed by atoms with Crippen molar-refractivity contribution in [3.05, 3.63) is 0 Å². The van der Waals surface area contributed by atoms with E-state index in [1.165, 1.54) is 212 Å². The maximum absolute atomic E-state index is 12.8. The van der Waals surface area contributed by atoms with Crippen LogP contribution >= 0.6 is 0 Å². The summed E-state index contributed by atoms with van der Waals surface area (Å²) in [5.41, 5.74) is 0. The van der Waals surface area contributed by atoms with Crippen LogP contribution < -0.4 is 0 Å². The summed E-state index contributed by atoms with van der Waals surface area (Å²) in [6.07, 6.45) is 53.8. The topological polar surface area (TPSA) is 78.9 Å². The Morgan fingerprint density at radius 1 is 0.306 bits per heavy atom. The molecule has 0 amide bonds. The highest BCUT2D eigenvalue weighted by Crippen LogP contribution is 2.18. The minimum Gasteiger partial charge on any atom is -0.462 e. The summed E-state index contributed by atoms with van der Waals surface area (Å²) < 4.78 is 16.8. The van der Waals surface area contributed by atoms with Gasteiger partial charge in [-0.1, -0.05) is 278 Å². The Labute approximate surface area is 387 Å². The lowest BCUT2D eigenvalue weighted by Crippen LogP contribution is -2.30. The minimum absolute atomic E-state index is 0.0626. The second-order valence-electron chi connectivity index (χ2n) is 19.7. The maximum Gasteiger partial charge on any atom is 0.306 e. The van der Waals surface area contributed by atoms with E-state index in [0.29, 0.717) is 19.3 Å². The van der Waals surface area contributed by atoms with Crippen LogP contribution in [-0.2, 0) is 28.6 Å². The van der Waals surface area contributed by atoms with Crippen LogP contribution in [0.15, 0.2) is 0 Å². The van der Waals surface area contributed by atoms with E-state index in [9.17, 15) is 14.4 Å². The lowest BCUT2D eigenvalue weighted by atomic mass is 10.0. The highest BCUT2D eigenvalue weighted by molar-refractivity contribution is 5.71. The number of carbonyl (C=O) groups excluding carboxylic acids is 3. The maximum atomic E-state index is 12.8. The molecule has 0 aromatic rings. The molecule has 0 aliphatic carbocycles. The molecule has 0 heterocycles. The molecule has 0 fully saturated rings. The zero-order valence-corrected chi connectivity index (χ0v) is 42.3. The number of rotatable bonds is 51. The van der Waals surface area contributed by atoms with Crippen molar-refractivity contribution in [1.82, 2.24) is 0 Å². The van der Waals surface area contributed by atoms with Crippen molar-refractivity contribution in [1.29, 1.82) is 0 Å². The van der Waals surface area contributed by atoms with E-state index in [4.69, 9.17) is 14.2 Å². The molecule has 6 heteroatoms. The Bertz CT molecular complexity index is 933. The summed E-state index contributed by atoms with van der Waals surface area (Å²) in [5, 5.41) is 0. The lowest BCUT2D eigenvalue weighted by Gasteiger charge is -2.18. The Hall–Kier alpha value is -1.59. The molecule has 0 aromatic heterocycles. The first-order valence-corrected chi connectivity index (χ1v) is 27.9. The molecular formula is C56H108O6. The highest BCUT2D eigenvalue weighted by atomic mass is 16.6. The van der Waals surface area contributed by atoms with Crippen molar-refractivity contribution >= 4 is 17.9 Å². The van der Waals surface area contributed by atoms with E-state index >= 15 is 0 Å². The second kappa shape index (κ2) is 50.4. The van der Waals surface area contributed by atoms with Gasteiger partial charge in [0.2, 0.25) is 0 Å². The number of hydrogen-bond donors (Lipinski definition) is 0. The monoisotopic (exact) mass is 877 g/mol. The molecular weight excluding hydrogens is 769 g/mol. The van der Waals surface area contributed by atoms with Crippen LogP contribution in [0.4, 0.5) is 0 Å². The van der Waals surface area contributed by atoms with Crippen molar-refractivity contribution < 1.29 is 28.6 Å². The van der Waals surface area contributed by atoms with Gasteiger partial charge in [0, 0.05) is 19.3 Å². The van der Waals surface area contributed by atoms with Gasteiger partial charge in [-0.25, -0.2) is 0 Å². The van der Waals surface area contributed by atoms with Crippen LogP contribution in [0.2, 0.25) is 0 Å². The first-order valence-electron chi connectivity index (χ1n) is 27.9. The van der Waals surface area contributed by atoms with E-state index in [1.54, 1.807) is 0 Å². The number of esters is 3. The summed E-state index contributed by atoms with van der Waals surface area (Å²) in [6, 6.07) is 0. The summed E-state index contributed by atoms with van der Waals surface area (Å²) in [5.74, 6) is -0.0444. The van der Waals surface area contributed by atoms with Crippen LogP contribution in [0.25, 0.3) is 0 Å². The third-order valence-corrected chi connectivity index (χ3v) is 12.8. The third kappa shape index (κ3) is 49.4. The molecule has 0 saturated carbocycles. The van der Waals surface area contributed by atoms with E-state index in [-0.39, 0.29) is 31.1 Å². The van der Waals surface area contributed by atoms with Crippen LogP contribution in [0.3, 0.4) is 0 Å². The predicted molar refractivity (Wildman–Crippen MR) is 266 cm³/mol. The van der Waals surface area contributed by atoms with E-state index in [1.807, 2.05) is 0 Å². The molecule has 368 valence electrons. The SMILES string of the molecule is CCCCCCCCCCCCCCCCCCCCC(=O)O[C@@H](COC(=O)CCCCCCCCCCCCCCCCC)COC(=O)CCCCCCCCCCC(C)C. The highest BCUT2D eigenvalue weighted by Gasteiger charge is 2.19. The van der Waals surface area contributed by atoms with Crippen LogP contribution in [0.1, 0.15) is 317 Å². The van der Waals surface area contributed by atoms with Crippen LogP contribution in [-0.4, -0.2) is 37.2 Å². The molecule has 0 radical (unpaired) electrons. The molecule has 0 aromatic carbocycles. The summed E-state index contributed by atoms with van der Waals surface area (Å²) in [7, 11) is 0. The lowest BCUT2D eigenvalue weighted by molar-refractivity contribution is -0.167. The van der Waals surface area contributed by atoms with Gasteiger partial charge in [-0.05, 0) is 25.2 Å². The van der Waals surface area contributed by atoms with Gasteiger partial charge < -0.3 is 14.2 Å². The van der Waals surface area contributed by atoms with Crippen LogP contribution in [0, 0.1) is 5.92 Å². The van der Waals surface area contributed by atoms with Crippen molar-refractivity contribution in [3.8, 4) is 0 Å².